The number of rotatable bonds is 5. The van der Waals surface area contributed by atoms with Crippen molar-refractivity contribution in [3.8, 4) is 0 Å². The molecule has 1 saturated heterocycles. The summed E-state index contributed by atoms with van der Waals surface area (Å²) >= 11 is 0. The molecule has 1 aliphatic rings. The second-order valence-corrected chi connectivity index (χ2v) is 6.16. The zero-order valence-electron chi connectivity index (χ0n) is 10.6. The summed E-state index contributed by atoms with van der Waals surface area (Å²) < 4.78 is 45.6. The van der Waals surface area contributed by atoms with E-state index in [1.54, 1.807) is 13.1 Å². The molecule has 0 aromatic heterocycles. The number of sulfonamides is 1. The van der Waals surface area contributed by atoms with Crippen molar-refractivity contribution in [1.29, 1.82) is 0 Å². The van der Waals surface area contributed by atoms with Gasteiger partial charge < -0.3 is 10.1 Å². The molecule has 0 aliphatic carbocycles. The van der Waals surface area contributed by atoms with Crippen LogP contribution in [0.3, 0.4) is 0 Å². The van der Waals surface area contributed by atoms with Crippen molar-refractivity contribution in [2.75, 3.05) is 20.3 Å². The fourth-order valence-electron chi connectivity index (χ4n) is 1.98. The van der Waals surface area contributed by atoms with Crippen LogP contribution in [0.4, 0.5) is 4.39 Å². The number of halogens is 1. The van der Waals surface area contributed by atoms with Crippen LogP contribution in [-0.4, -0.2) is 34.7 Å². The number of hydrogen-bond donors (Lipinski definition) is 2. The van der Waals surface area contributed by atoms with Gasteiger partial charge in [0, 0.05) is 19.2 Å². The molecule has 1 heterocycles. The van der Waals surface area contributed by atoms with Gasteiger partial charge in [-0.3, -0.25) is 0 Å². The Labute approximate surface area is 112 Å². The highest BCUT2D eigenvalue weighted by Crippen LogP contribution is 2.18. The smallest absolute Gasteiger partial charge is 0.243 e. The van der Waals surface area contributed by atoms with Gasteiger partial charge in [-0.2, -0.15) is 0 Å². The first-order valence-electron chi connectivity index (χ1n) is 6.06. The van der Waals surface area contributed by atoms with E-state index < -0.39 is 15.8 Å². The summed E-state index contributed by atoms with van der Waals surface area (Å²) in [7, 11) is -2.11. The van der Waals surface area contributed by atoms with Crippen molar-refractivity contribution < 1.29 is 17.5 Å². The second kappa shape index (κ2) is 5.96. The molecule has 1 aliphatic heterocycles. The molecule has 2 rings (SSSR count). The third-order valence-corrected chi connectivity index (χ3v) is 4.45. The van der Waals surface area contributed by atoms with Crippen LogP contribution in [0.2, 0.25) is 0 Å². The predicted molar refractivity (Wildman–Crippen MR) is 68.7 cm³/mol. The van der Waals surface area contributed by atoms with E-state index in [0.717, 1.165) is 0 Å². The summed E-state index contributed by atoms with van der Waals surface area (Å²) in [4.78, 5) is -0.313. The molecule has 5 nitrogen and oxygen atoms in total. The van der Waals surface area contributed by atoms with Crippen molar-refractivity contribution in [1.82, 2.24) is 10.0 Å². The molecule has 1 fully saturated rings. The van der Waals surface area contributed by atoms with E-state index in [4.69, 9.17) is 4.74 Å². The van der Waals surface area contributed by atoms with E-state index in [2.05, 4.69) is 10.0 Å². The molecule has 0 saturated carbocycles. The van der Waals surface area contributed by atoms with Crippen LogP contribution in [0.5, 0.6) is 0 Å². The van der Waals surface area contributed by atoms with Gasteiger partial charge in [-0.25, -0.2) is 17.5 Å². The summed E-state index contributed by atoms with van der Waals surface area (Å²) in [6.07, 6.45) is 0.608. The minimum absolute atomic E-state index is 0.280. The molecule has 1 unspecified atom stereocenters. The topological polar surface area (TPSA) is 67.4 Å². The summed E-state index contributed by atoms with van der Waals surface area (Å²) in [6.45, 7) is 1.34. The number of hydrogen-bond acceptors (Lipinski definition) is 4. The predicted octanol–water partition coefficient (Wildman–Crippen LogP) is 0.612. The number of nitrogens with one attached hydrogen (secondary N) is 2. The first-order chi connectivity index (χ1) is 9.03. The van der Waals surface area contributed by atoms with E-state index in [-0.39, 0.29) is 10.9 Å². The number of ether oxygens (including phenoxy) is 1. The average molecular weight is 288 g/mol. The quantitative estimate of drug-likeness (QED) is 0.833. The van der Waals surface area contributed by atoms with Crippen LogP contribution in [-0.2, 0) is 21.3 Å². The minimum atomic E-state index is -3.85. The van der Waals surface area contributed by atoms with E-state index >= 15 is 0 Å². The van der Waals surface area contributed by atoms with Crippen LogP contribution in [0, 0.1) is 5.82 Å². The molecular formula is C12H17FN2O3S. The van der Waals surface area contributed by atoms with Crippen molar-refractivity contribution in [3.05, 3.63) is 29.6 Å². The molecule has 19 heavy (non-hydrogen) atoms. The Balaban J connectivity index is 2.25. The van der Waals surface area contributed by atoms with E-state index in [1.807, 2.05) is 0 Å². The maximum absolute atomic E-state index is 13.7. The standard InChI is InChI=1S/C12H17FN2O3S/c1-14-7-9-2-3-11(13)12(6-9)19(16,17)15-10-4-5-18-8-10/h2-3,6,10,14-15H,4-5,7-8H2,1H3. The monoisotopic (exact) mass is 288 g/mol. The lowest BCUT2D eigenvalue weighted by atomic mass is 10.2. The normalized spacial score (nSPS) is 19.8. The van der Waals surface area contributed by atoms with E-state index in [9.17, 15) is 12.8 Å². The highest BCUT2D eigenvalue weighted by molar-refractivity contribution is 7.89. The first kappa shape index (κ1) is 14.4. The van der Waals surface area contributed by atoms with Crippen molar-refractivity contribution in [2.24, 2.45) is 0 Å². The van der Waals surface area contributed by atoms with Gasteiger partial charge in [0.2, 0.25) is 10.0 Å². The lowest BCUT2D eigenvalue weighted by Crippen LogP contribution is -2.35. The summed E-state index contributed by atoms with van der Waals surface area (Å²) in [5, 5.41) is 2.90. The van der Waals surface area contributed by atoms with Gasteiger partial charge >= 0.3 is 0 Å². The average Bonchev–Trinajstić information content (AvgIpc) is 2.84. The second-order valence-electron chi connectivity index (χ2n) is 4.48. The fourth-order valence-corrected chi connectivity index (χ4v) is 3.36. The van der Waals surface area contributed by atoms with Crippen LogP contribution in [0.15, 0.2) is 23.1 Å². The Morgan fingerprint density at radius 1 is 1.47 bits per heavy atom. The summed E-state index contributed by atoms with van der Waals surface area (Å²) in [5.41, 5.74) is 0.715. The lowest BCUT2D eigenvalue weighted by Gasteiger charge is -2.13. The molecule has 7 heteroatoms. The first-order valence-corrected chi connectivity index (χ1v) is 7.54. The van der Waals surface area contributed by atoms with Gasteiger partial charge in [-0.05, 0) is 31.2 Å². The zero-order chi connectivity index (χ0) is 13.9. The molecule has 1 aromatic rings. The SMILES string of the molecule is CNCc1ccc(F)c(S(=O)(=O)NC2CCOC2)c1. The maximum Gasteiger partial charge on any atom is 0.243 e. The van der Waals surface area contributed by atoms with Crippen molar-refractivity contribution in [2.45, 2.75) is 23.9 Å². The Bertz CT molecular complexity index is 542. The Hall–Kier alpha value is -1.02. The molecular weight excluding hydrogens is 271 g/mol. The van der Waals surface area contributed by atoms with E-state index in [1.165, 1.54) is 12.1 Å². The Kier molecular flexibility index (Phi) is 4.51. The molecule has 1 aromatic carbocycles. The van der Waals surface area contributed by atoms with Gasteiger partial charge in [0.1, 0.15) is 10.7 Å². The van der Waals surface area contributed by atoms with Gasteiger partial charge in [0.05, 0.1) is 6.61 Å². The van der Waals surface area contributed by atoms with Gasteiger partial charge in [0.25, 0.3) is 0 Å². The van der Waals surface area contributed by atoms with Gasteiger partial charge in [-0.1, -0.05) is 6.07 Å². The third-order valence-electron chi connectivity index (χ3n) is 2.92. The van der Waals surface area contributed by atoms with Crippen LogP contribution >= 0.6 is 0 Å². The van der Waals surface area contributed by atoms with Crippen LogP contribution in [0.25, 0.3) is 0 Å². The largest absolute Gasteiger partial charge is 0.380 e. The minimum Gasteiger partial charge on any atom is -0.380 e. The zero-order valence-corrected chi connectivity index (χ0v) is 11.5. The Morgan fingerprint density at radius 3 is 2.89 bits per heavy atom. The molecule has 1 atom stereocenters. The van der Waals surface area contributed by atoms with Crippen molar-refractivity contribution in [3.63, 3.8) is 0 Å². The van der Waals surface area contributed by atoms with Gasteiger partial charge in [0.15, 0.2) is 0 Å². The fraction of sp³-hybridized carbons (Fsp3) is 0.500. The van der Waals surface area contributed by atoms with Crippen LogP contribution in [0.1, 0.15) is 12.0 Å². The van der Waals surface area contributed by atoms with Crippen molar-refractivity contribution >= 4 is 10.0 Å². The lowest BCUT2D eigenvalue weighted by molar-refractivity contribution is 0.192. The molecule has 0 amide bonds. The molecule has 0 spiro atoms. The summed E-state index contributed by atoms with van der Waals surface area (Å²) in [5.74, 6) is -0.744. The highest BCUT2D eigenvalue weighted by Gasteiger charge is 2.25. The highest BCUT2D eigenvalue weighted by atomic mass is 32.2. The van der Waals surface area contributed by atoms with Crippen LogP contribution < -0.4 is 10.0 Å². The molecule has 0 bridgehead atoms. The summed E-state index contributed by atoms with van der Waals surface area (Å²) in [6, 6.07) is 3.80. The molecule has 106 valence electrons. The third kappa shape index (κ3) is 3.50. The van der Waals surface area contributed by atoms with Gasteiger partial charge in [-0.15, -0.1) is 0 Å². The van der Waals surface area contributed by atoms with E-state index in [0.29, 0.717) is 31.7 Å². The Morgan fingerprint density at radius 2 is 2.26 bits per heavy atom. The number of benzene rings is 1. The molecule has 2 N–H and O–H groups in total. The molecule has 0 radical (unpaired) electrons. The maximum atomic E-state index is 13.7.